The van der Waals surface area contributed by atoms with Gasteiger partial charge < -0.3 is 10.1 Å². The lowest BCUT2D eigenvalue weighted by Gasteiger charge is -2.07. The minimum Gasteiger partial charge on any atom is -0.489 e. The fraction of sp³-hybridized carbons (Fsp3) is 0.105. The molecule has 6 heteroatoms. The lowest BCUT2D eigenvalue weighted by molar-refractivity contribution is 0.102. The molecule has 0 radical (unpaired) electrons. The number of aromatic nitrogens is 2. The predicted octanol–water partition coefficient (Wildman–Crippen LogP) is 3.24. The summed E-state index contributed by atoms with van der Waals surface area (Å²) in [5.74, 6) is 0.833. The van der Waals surface area contributed by atoms with E-state index >= 15 is 0 Å². The molecule has 0 atom stereocenters. The molecule has 3 aromatic rings. The average molecular weight is 332 g/mol. The Morgan fingerprint density at radius 2 is 1.88 bits per heavy atom. The molecule has 1 amide bonds. The maximum Gasteiger partial charge on any atom is 0.256 e. The molecule has 25 heavy (non-hydrogen) atoms. The number of ether oxygens (including phenoxy) is 1. The molecule has 0 bridgehead atoms. The number of hydrogen-bond acceptors (Lipinski definition) is 4. The molecule has 124 valence electrons. The fourth-order valence-electron chi connectivity index (χ4n) is 2.22. The molecule has 0 fully saturated rings. The largest absolute Gasteiger partial charge is 0.489 e. The maximum atomic E-state index is 12.2. The second-order valence-corrected chi connectivity index (χ2v) is 5.31. The fourth-order valence-corrected chi connectivity index (χ4v) is 2.22. The second-order valence-electron chi connectivity index (χ2n) is 5.31. The first-order chi connectivity index (χ1) is 12.2. The number of carbonyl (C=O) groups excluding carboxylic acids is 1. The van der Waals surface area contributed by atoms with E-state index < -0.39 is 0 Å². The van der Waals surface area contributed by atoms with Crippen LogP contribution in [0.15, 0.2) is 66.9 Å². The SMILES string of the molecule is N#CCn1ccc(NC(=O)c2ccc(OCc3ccccc3)cc2)n1. The van der Waals surface area contributed by atoms with Crippen molar-refractivity contribution in [2.24, 2.45) is 0 Å². The molecule has 1 N–H and O–H groups in total. The van der Waals surface area contributed by atoms with Crippen LogP contribution in [0.4, 0.5) is 5.82 Å². The van der Waals surface area contributed by atoms with Crippen LogP contribution >= 0.6 is 0 Å². The van der Waals surface area contributed by atoms with E-state index in [1.54, 1.807) is 36.5 Å². The van der Waals surface area contributed by atoms with Crippen LogP contribution < -0.4 is 10.1 Å². The average Bonchev–Trinajstić information content (AvgIpc) is 3.08. The maximum absolute atomic E-state index is 12.2. The van der Waals surface area contributed by atoms with Crippen LogP contribution in [-0.4, -0.2) is 15.7 Å². The Labute approximate surface area is 145 Å². The summed E-state index contributed by atoms with van der Waals surface area (Å²) in [6.45, 7) is 0.617. The van der Waals surface area contributed by atoms with Gasteiger partial charge in [-0.25, -0.2) is 0 Å². The number of amides is 1. The van der Waals surface area contributed by atoms with Crippen molar-refractivity contribution in [3.8, 4) is 11.8 Å². The first-order valence-electron chi connectivity index (χ1n) is 7.73. The van der Waals surface area contributed by atoms with Crippen LogP contribution in [0.1, 0.15) is 15.9 Å². The number of carbonyl (C=O) groups is 1. The Bertz CT molecular complexity index is 880. The summed E-state index contributed by atoms with van der Waals surface area (Å²) in [6, 6.07) is 20.4. The monoisotopic (exact) mass is 332 g/mol. The molecule has 0 aliphatic heterocycles. The van der Waals surface area contributed by atoms with Gasteiger partial charge in [-0.05, 0) is 29.8 Å². The van der Waals surface area contributed by atoms with Crippen molar-refractivity contribution in [2.75, 3.05) is 5.32 Å². The van der Waals surface area contributed by atoms with Crippen LogP contribution in [0.5, 0.6) is 5.75 Å². The van der Waals surface area contributed by atoms with Gasteiger partial charge in [0.1, 0.15) is 18.9 Å². The van der Waals surface area contributed by atoms with Gasteiger partial charge in [-0.2, -0.15) is 10.4 Å². The van der Waals surface area contributed by atoms with Crippen LogP contribution in [0.3, 0.4) is 0 Å². The molecule has 3 rings (SSSR count). The van der Waals surface area contributed by atoms with Gasteiger partial charge in [-0.3, -0.25) is 9.48 Å². The van der Waals surface area contributed by atoms with Crippen molar-refractivity contribution in [2.45, 2.75) is 13.2 Å². The van der Waals surface area contributed by atoms with E-state index in [-0.39, 0.29) is 12.5 Å². The Kier molecular flexibility index (Phi) is 5.07. The van der Waals surface area contributed by atoms with E-state index in [2.05, 4.69) is 10.4 Å². The highest BCUT2D eigenvalue weighted by Crippen LogP contribution is 2.15. The van der Waals surface area contributed by atoms with Crippen molar-refractivity contribution in [3.63, 3.8) is 0 Å². The summed E-state index contributed by atoms with van der Waals surface area (Å²) in [6.07, 6.45) is 1.64. The molecule has 6 nitrogen and oxygen atoms in total. The molecule has 0 saturated carbocycles. The number of anilines is 1. The van der Waals surface area contributed by atoms with Gasteiger partial charge in [0.25, 0.3) is 5.91 Å². The topological polar surface area (TPSA) is 79.9 Å². The van der Waals surface area contributed by atoms with E-state index in [0.717, 1.165) is 5.56 Å². The standard InChI is InChI=1S/C19H16N4O2/c20-11-13-23-12-10-18(22-23)21-19(24)16-6-8-17(9-7-16)25-14-15-4-2-1-3-5-15/h1-10,12H,13-14H2,(H,21,22,24). The van der Waals surface area contributed by atoms with Crippen molar-refractivity contribution >= 4 is 11.7 Å². The number of rotatable bonds is 6. The summed E-state index contributed by atoms with van der Waals surface area (Å²) in [5.41, 5.74) is 1.58. The second kappa shape index (κ2) is 7.79. The molecular weight excluding hydrogens is 316 g/mol. The lowest BCUT2D eigenvalue weighted by Crippen LogP contribution is -2.12. The number of nitrogens with zero attached hydrogens (tertiary/aromatic N) is 3. The van der Waals surface area contributed by atoms with Crippen molar-refractivity contribution in [1.29, 1.82) is 5.26 Å². The molecular formula is C19H16N4O2. The summed E-state index contributed by atoms with van der Waals surface area (Å²) in [4.78, 5) is 12.2. The first kappa shape index (κ1) is 16.3. The van der Waals surface area contributed by atoms with Crippen LogP contribution in [-0.2, 0) is 13.2 Å². The van der Waals surface area contributed by atoms with Gasteiger partial charge in [-0.15, -0.1) is 0 Å². The van der Waals surface area contributed by atoms with Gasteiger partial charge in [0.15, 0.2) is 5.82 Å². The van der Waals surface area contributed by atoms with Gasteiger partial charge in [-0.1, -0.05) is 30.3 Å². The normalized spacial score (nSPS) is 10.0. The quantitative estimate of drug-likeness (QED) is 0.751. The molecule has 0 saturated heterocycles. The van der Waals surface area contributed by atoms with Crippen molar-refractivity contribution in [1.82, 2.24) is 9.78 Å². The Hall–Kier alpha value is -3.59. The highest BCUT2D eigenvalue weighted by atomic mass is 16.5. The number of nitrogens with one attached hydrogen (secondary N) is 1. The minimum absolute atomic E-state index is 0.142. The van der Waals surface area contributed by atoms with E-state index in [1.165, 1.54) is 4.68 Å². The van der Waals surface area contributed by atoms with Gasteiger partial charge in [0, 0.05) is 17.8 Å². The zero-order chi connectivity index (χ0) is 17.5. The third-order valence-corrected chi connectivity index (χ3v) is 3.48. The first-order valence-corrected chi connectivity index (χ1v) is 7.73. The smallest absolute Gasteiger partial charge is 0.256 e. The zero-order valence-electron chi connectivity index (χ0n) is 13.4. The minimum atomic E-state index is -0.267. The summed E-state index contributed by atoms with van der Waals surface area (Å²) >= 11 is 0. The van der Waals surface area contributed by atoms with Crippen molar-refractivity contribution in [3.05, 3.63) is 78.0 Å². The Morgan fingerprint density at radius 3 is 2.60 bits per heavy atom. The molecule has 0 aliphatic rings. The van der Waals surface area contributed by atoms with Gasteiger partial charge >= 0.3 is 0 Å². The van der Waals surface area contributed by atoms with Crippen LogP contribution in [0.25, 0.3) is 0 Å². The van der Waals surface area contributed by atoms with Gasteiger partial charge in [0.2, 0.25) is 0 Å². The molecule has 0 unspecified atom stereocenters. The van der Waals surface area contributed by atoms with Crippen molar-refractivity contribution < 1.29 is 9.53 Å². The highest BCUT2D eigenvalue weighted by Gasteiger charge is 2.08. The third kappa shape index (κ3) is 4.45. The summed E-state index contributed by atoms with van der Waals surface area (Å²) in [7, 11) is 0. The molecule has 0 spiro atoms. The van der Waals surface area contributed by atoms with E-state index in [0.29, 0.717) is 23.7 Å². The third-order valence-electron chi connectivity index (χ3n) is 3.48. The summed E-state index contributed by atoms with van der Waals surface area (Å²) < 4.78 is 7.15. The molecule has 0 aliphatic carbocycles. The summed E-state index contributed by atoms with van der Waals surface area (Å²) in [5, 5.41) is 15.4. The number of nitriles is 1. The number of benzene rings is 2. The van der Waals surface area contributed by atoms with Crippen LogP contribution in [0.2, 0.25) is 0 Å². The zero-order valence-corrected chi connectivity index (χ0v) is 13.4. The van der Waals surface area contributed by atoms with E-state index in [1.807, 2.05) is 36.4 Å². The van der Waals surface area contributed by atoms with E-state index in [9.17, 15) is 4.79 Å². The predicted molar refractivity (Wildman–Crippen MR) is 93.0 cm³/mol. The van der Waals surface area contributed by atoms with Crippen LogP contribution in [0, 0.1) is 11.3 Å². The molecule has 1 heterocycles. The Morgan fingerprint density at radius 1 is 1.12 bits per heavy atom. The highest BCUT2D eigenvalue weighted by molar-refractivity contribution is 6.03. The number of hydrogen-bond donors (Lipinski definition) is 1. The van der Waals surface area contributed by atoms with E-state index in [4.69, 9.17) is 10.00 Å². The van der Waals surface area contributed by atoms with Gasteiger partial charge in [0.05, 0.1) is 6.07 Å². The lowest BCUT2D eigenvalue weighted by atomic mass is 10.2. The molecule has 1 aromatic heterocycles. The Balaban J connectivity index is 1.57. The molecule has 2 aromatic carbocycles.